The average molecular weight is 578 g/mol. The van der Waals surface area contributed by atoms with Crippen molar-refractivity contribution in [1.29, 1.82) is 0 Å². The predicted molar refractivity (Wildman–Crippen MR) is 156 cm³/mol. The molecule has 0 bridgehead atoms. The first-order valence-electron chi connectivity index (χ1n) is 13.2. The number of carbonyl (C=O) groups is 1. The molecule has 0 aliphatic rings. The van der Waals surface area contributed by atoms with Gasteiger partial charge in [0.25, 0.3) is 5.56 Å². The van der Waals surface area contributed by atoms with Gasteiger partial charge in [0, 0.05) is 19.5 Å². The fourth-order valence-corrected chi connectivity index (χ4v) is 4.96. The van der Waals surface area contributed by atoms with Crippen LogP contribution in [0.1, 0.15) is 38.2 Å². The fourth-order valence-electron chi connectivity index (χ4n) is 4.96. The van der Waals surface area contributed by atoms with Crippen molar-refractivity contribution >= 4 is 11.8 Å². The van der Waals surface area contributed by atoms with E-state index in [0.717, 1.165) is 11.1 Å². The summed E-state index contributed by atoms with van der Waals surface area (Å²) in [5.41, 5.74) is 3.06. The van der Waals surface area contributed by atoms with Crippen LogP contribution in [0.4, 0.5) is 14.6 Å². The van der Waals surface area contributed by atoms with E-state index in [0.29, 0.717) is 47.0 Å². The fraction of sp³-hybridized carbons (Fsp3) is 0.281. The van der Waals surface area contributed by atoms with Crippen molar-refractivity contribution in [3.05, 3.63) is 111 Å². The number of benzene rings is 3. The Morgan fingerprint density at radius 3 is 1.79 bits per heavy atom. The van der Waals surface area contributed by atoms with Crippen molar-refractivity contribution in [3.63, 3.8) is 0 Å². The van der Waals surface area contributed by atoms with Crippen molar-refractivity contribution in [2.24, 2.45) is 0 Å². The molecule has 0 N–H and O–H groups in total. The molecule has 4 aromatic rings. The molecule has 0 unspecified atom stereocenters. The van der Waals surface area contributed by atoms with Gasteiger partial charge in [-0.3, -0.25) is 9.36 Å². The van der Waals surface area contributed by atoms with E-state index in [1.165, 1.54) is 18.0 Å². The van der Waals surface area contributed by atoms with Crippen LogP contribution in [0.2, 0.25) is 0 Å². The second-order valence-corrected chi connectivity index (χ2v) is 9.84. The summed E-state index contributed by atoms with van der Waals surface area (Å²) in [6, 6.07) is 18.1. The van der Waals surface area contributed by atoms with Crippen molar-refractivity contribution in [3.8, 4) is 17.2 Å². The molecule has 0 atom stereocenters. The first-order valence-corrected chi connectivity index (χ1v) is 13.2. The molecule has 42 heavy (non-hydrogen) atoms. The zero-order valence-corrected chi connectivity index (χ0v) is 24.2. The molecule has 0 aliphatic heterocycles. The van der Waals surface area contributed by atoms with Gasteiger partial charge in [-0.1, -0.05) is 36.4 Å². The molecule has 1 heterocycles. The topological polar surface area (TPSA) is 82.9 Å². The number of aryl methyl sites for hydroxylation is 2. The largest absolute Gasteiger partial charge is 0.497 e. The van der Waals surface area contributed by atoms with E-state index in [-0.39, 0.29) is 11.4 Å². The first kappa shape index (κ1) is 30.2. The van der Waals surface area contributed by atoms with Gasteiger partial charge in [-0.25, -0.2) is 18.6 Å². The van der Waals surface area contributed by atoms with Crippen LogP contribution in [-0.4, -0.2) is 43.3 Å². The summed E-state index contributed by atoms with van der Waals surface area (Å²) >= 11 is 0. The molecule has 0 saturated carbocycles. The van der Waals surface area contributed by atoms with Gasteiger partial charge in [-0.05, 0) is 65.9 Å². The van der Waals surface area contributed by atoms with Crippen LogP contribution in [0, 0.1) is 13.8 Å². The van der Waals surface area contributed by atoms with Gasteiger partial charge in [-0.2, -0.15) is 0 Å². The number of carbonyl (C=O) groups excluding carboxylic acids is 1. The van der Waals surface area contributed by atoms with Crippen LogP contribution < -0.4 is 19.9 Å². The van der Waals surface area contributed by atoms with E-state index in [9.17, 15) is 18.4 Å². The van der Waals surface area contributed by atoms with Crippen LogP contribution >= 0.6 is 0 Å². The van der Waals surface area contributed by atoms with Crippen LogP contribution in [0.25, 0.3) is 5.69 Å². The Morgan fingerprint density at radius 1 is 0.857 bits per heavy atom. The zero-order chi connectivity index (χ0) is 30.4. The molecule has 0 spiro atoms. The summed E-state index contributed by atoms with van der Waals surface area (Å²) in [6.45, 7) is 4.10. The molecule has 1 aromatic heterocycles. The molecule has 3 aromatic carbocycles. The molecule has 0 amide bonds. The van der Waals surface area contributed by atoms with Gasteiger partial charge in [0.1, 0.15) is 17.8 Å². The normalized spacial score (nSPS) is 11.0. The Morgan fingerprint density at radius 2 is 1.36 bits per heavy atom. The van der Waals surface area contributed by atoms with Crippen LogP contribution in [0.5, 0.6) is 11.5 Å². The van der Waals surface area contributed by atoms with Crippen molar-refractivity contribution < 1.29 is 27.8 Å². The van der Waals surface area contributed by atoms with Gasteiger partial charge in [0.2, 0.25) is 6.43 Å². The maximum absolute atomic E-state index is 14.0. The standard InChI is InChI=1S/C32H33F2N3O5/c1-20-14-24(16-27(33)34)15-21(2)29(20)37-19-35-30(28(31(37)38)32(39)42-5)36(17-22-6-10-25(40-3)11-7-22)18-23-8-12-26(41-4)13-9-23/h6-15,19,27H,16-18H2,1-5H3. The third kappa shape index (κ3) is 6.76. The number of ether oxygens (including phenoxy) is 3. The number of hydrogen-bond donors (Lipinski definition) is 0. The van der Waals surface area contributed by atoms with E-state index in [1.807, 2.05) is 53.4 Å². The summed E-state index contributed by atoms with van der Waals surface area (Å²) in [5, 5.41) is 0. The van der Waals surface area contributed by atoms with E-state index in [1.54, 1.807) is 40.2 Å². The lowest BCUT2D eigenvalue weighted by Crippen LogP contribution is -2.33. The molecule has 4 rings (SSSR count). The highest BCUT2D eigenvalue weighted by molar-refractivity contribution is 5.94. The van der Waals surface area contributed by atoms with Crippen LogP contribution in [-0.2, 0) is 24.2 Å². The molecule has 0 fully saturated rings. The second kappa shape index (κ2) is 13.3. The molecule has 0 aliphatic carbocycles. The lowest BCUT2D eigenvalue weighted by Gasteiger charge is -2.26. The quantitative estimate of drug-likeness (QED) is 0.213. The highest BCUT2D eigenvalue weighted by Crippen LogP contribution is 2.26. The van der Waals surface area contributed by atoms with E-state index >= 15 is 0 Å². The van der Waals surface area contributed by atoms with Gasteiger partial charge in [0.05, 0.1) is 27.0 Å². The lowest BCUT2D eigenvalue weighted by molar-refractivity contribution is 0.0598. The van der Waals surface area contributed by atoms with E-state index in [4.69, 9.17) is 14.2 Å². The summed E-state index contributed by atoms with van der Waals surface area (Å²) in [6.07, 6.45) is -1.53. The van der Waals surface area contributed by atoms with E-state index in [2.05, 4.69) is 4.98 Å². The number of halogens is 2. The third-order valence-electron chi connectivity index (χ3n) is 6.89. The minimum atomic E-state index is -2.49. The molecule has 8 nitrogen and oxygen atoms in total. The number of esters is 1. The number of methoxy groups -OCH3 is 3. The minimum Gasteiger partial charge on any atom is -0.497 e. The van der Waals surface area contributed by atoms with Crippen molar-refractivity contribution in [2.75, 3.05) is 26.2 Å². The van der Waals surface area contributed by atoms with Crippen molar-refractivity contribution in [1.82, 2.24) is 9.55 Å². The highest BCUT2D eigenvalue weighted by Gasteiger charge is 2.26. The van der Waals surface area contributed by atoms with Gasteiger partial charge < -0.3 is 19.1 Å². The number of aromatic nitrogens is 2. The second-order valence-electron chi connectivity index (χ2n) is 9.84. The maximum atomic E-state index is 14.0. The van der Waals surface area contributed by atoms with E-state index < -0.39 is 24.4 Å². The monoisotopic (exact) mass is 577 g/mol. The molecule has 0 radical (unpaired) electrons. The number of rotatable bonds is 11. The average Bonchev–Trinajstić information content (AvgIpc) is 2.97. The summed E-state index contributed by atoms with van der Waals surface area (Å²) in [4.78, 5) is 33.6. The summed E-state index contributed by atoms with van der Waals surface area (Å²) < 4.78 is 42.9. The summed E-state index contributed by atoms with van der Waals surface area (Å²) in [5.74, 6) is 0.707. The molecular formula is C32H33F2N3O5. The summed E-state index contributed by atoms with van der Waals surface area (Å²) in [7, 11) is 4.38. The zero-order valence-electron chi connectivity index (χ0n) is 24.2. The molecular weight excluding hydrogens is 544 g/mol. The Labute approximate surface area is 243 Å². The molecule has 0 saturated heterocycles. The number of alkyl halides is 2. The first-order chi connectivity index (χ1) is 20.1. The van der Waals surface area contributed by atoms with Gasteiger partial charge in [-0.15, -0.1) is 0 Å². The molecule has 10 heteroatoms. The lowest BCUT2D eigenvalue weighted by atomic mass is 10.0. The Kier molecular flexibility index (Phi) is 9.57. The van der Waals surface area contributed by atoms with Crippen LogP contribution in [0.15, 0.2) is 71.8 Å². The molecule has 220 valence electrons. The van der Waals surface area contributed by atoms with Crippen LogP contribution in [0.3, 0.4) is 0 Å². The Bertz CT molecular complexity index is 1530. The van der Waals surface area contributed by atoms with Gasteiger partial charge >= 0.3 is 5.97 Å². The Hall–Kier alpha value is -4.73. The number of anilines is 1. The highest BCUT2D eigenvalue weighted by atomic mass is 19.3. The minimum absolute atomic E-state index is 0.152. The van der Waals surface area contributed by atoms with Gasteiger partial charge in [0.15, 0.2) is 11.4 Å². The SMILES string of the molecule is COC(=O)c1c(N(Cc2ccc(OC)cc2)Cc2ccc(OC)cc2)ncn(-c2c(C)cc(CC(F)F)cc2C)c1=O. The smallest absolute Gasteiger partial charge is 0.347 e. The number of nitrogens with zero attached hydrogens (tertiary/aromatic N) is 3. The number of hydrogen-bond acceptors (Lipinski definition) is 7. The predicted octanol–water partition coefficient (Wildman–Crippen LogP) is 5.67. The van der Waals surface area contributed by atoms with Crippen molar-refractivity contribution in [2.45, 2.75) is 39.8 Å². The Balaban J connectivity index is 1.85. The third-order valence-corrected chi connectivity index (χ3v) is 6.89. The maximum Gasteiger partial charge on any atom is 0.347 e.